The summed E-state index contributed by atoms with van der Waals surface area (Å²) in [7, 11) is -3.13. The van der Waals surface area contributed by atoms with Crippen LogP contribution in [-0.4, -0.2) is 37.6 Å². The van der Waals surface area contributed by atoms with Crippen molar-refractivity contribution in [3.8, 4) is 0 Å². The van der Waals surface area contributed by atoms with Crippen molar-refractivity contribution in [3.63, 3.8) is 0 Å². The van der Waals surface area contributed by atoms with Crippen LogP contribution in [0.2, 0.25) is 0 Å². The Hall–Kier alpha value is -0.540. The van der Waals surface area contributed by atoms with E-state index in [-0.39, 0.29) is 59.3 Å². The fraction of sp³-hybridized carbons (Fsp3) is 0.385. The third kappa shape index (κ3) is 5.27. The first-order valence-corrected chi connectivity index (χ1v) is 9.08. The monoisotopic (exact) mass is 351 g/mol. The van der Waals surface area contributed by atoms with Gasteiger partial charge in [0.1, 0.15) is 0 Å². The third-order valence-corrected chi connectivity index (χ3v) is 5.76. The van der Waals surface area contributed by atoms with E-state index in [1.54, 1.807) is 18.2 Å². The number of hydrogen-bond acceptors (Lipinski definition) is 6. The van der Waals surface area contributed by atoms with Crippen molar-refractivity contribution >= 4 is 33.5 Å². The number of rotatable bonds is 6. The summed E-state index contributed by atoms with van der Waals surface area (Å²) in [6.45, 7) is 0.290. The van der Waals surface area contributed by atoms with E-state index in [4.69, 9.17) is 0 Å². The Balaban J connectivity index is 0.00000242. The number of carboxylic acid groups (broad SMARTS) is 1. The molecular weight excluding hydrogens is 337 g/mol. The van der Waals surface area contributed by atoms with Crippen LogP contribution < -0.4 is 40.0 Å². The molecule has 1 amide bonds. The average molecular weight is 351 g/mol. The fourth-order valence-electron chi connectivity index (χ4n) is 2.07. The van der Waals surface area contributed by atoms with Gasteiger partial charge in [0, 0.05) is 12.3 Å². The predicted octanol–water partition coefficient (Wildman–Crippen LogP) is -3.88. The van der Waals surface area contributed by atoms with Crippen LogP contribution >= 0.6 is 11.8 Å². The molecule has 114 valence electrons. The number of thioether (sulfide) groups is 1. The summed E-state index contributed by atoms with van der Waals surface area (Å²) < 4.78 is 23.4. The summed E-state index contributed by atoms with van der Waals surface area (Å²) >= 11 is 0.971. The van der Waals surface area contributed by atoms with Crippen LogP contribution in [-0.2, 0) is 32.4 Å². The fourth-order valence-corrected chi connectivity index (χ4v) is 4.18. The van der Waals surface area contributed by atoms with Gasteiger partial charge in [0.25, 0.3) is 0 Å². The summed E-state index contributed by atoms with van der Waals surface area (Å²) in [5.74, 6) is -1.50. The largest absolute Gasteiger partial charge is 1.00 e. The summed E-state index contributed by atoms with van der Waals surface area (Å²) in [6.07, 6.45) is 0.501. The molecule has 1 aromatic rings. The second-order valence-corrected chi connectivity index (χ2v) is 7.72. The number of carbonyl (C=O) groups is 2. The van der Waals surface area contributed by atoms with Gasteiger partial charge in [-0.15, -0.1) is 11.8 Å². The van der Waals surface area contributed by atoms with Crippen LogP contribution in [0.5, 0.6) is 0 Å². The molecule has 0 bridgehead atoms. The Bertz CT molecular complexity index is 675. The molecule has 0 atom stereocenters. The molecule has 1 heterocycles. The Morgan fingerprint density at radius 2 is 2.00 bits per heavy atom. The summed E-state index contributed by atoms with van der Waals surface area (Å²) in [6, 6.07) is 5.04. The van der Waals surface area contributed by atoms with E-state index in [9.17, 15) is 23.1 Å². The van der Waals surface area contributed by atoms with Crippen molar-refractivity contribution in [1.82, 2.24) is 5.32 Å². The Morgan fingerprint density at radius 3 is 2.68 bits per heavy atom. The first-order chi connectivity index (χ1) is 9.88. The van der Waals surface area contributed by atoms with Crippen molar-refractivity contribution in [3.05, 3.63) is 29.3 Å². The van der Waals surface area contributed by atoms with E-state index >= 15 is 0 Å². The van der Waals surface area contributed by atoms with Crippen LogP contribution in [0.25, 0.3) is 0 Å². The standard InChI is InChI=1S/C13H15NO5S2.Na/c15-12(7-20-8-13(16)17)14-6-9-1-2-11-10(5-9)3-4-21(11,18)19;/h1-2,5H,3-4,6-8H2,(H,14,15)(H,16,17);/q;+1/p-1. The van der Waals surface area contributed by atoms with E-state index in [1.807, 2.05) is 0 Å². The van der Waals surface area contributed by atoms with Gasteiger partial charge in [0.05, 0.1) is 22.4 Å². The molecule has 0 radical (unpaired) electrons. The minimum atomic E-state index is -3.13. The first kappa shape index (κ1) is 19.5. The summed E-state index contributed by atoms with van der Waals surface area (Å²) in [5.41, 5.74) is 1.61. The molecule has 1 aromatic carbocycles. The minimum absolute atomic E-state index is 0. The number of amides is 1. The maximum absolute atomic E-state index is 11.7. The number of fused-ring (bicyclic) bond motifs is 1. The van der Waals surface area contributed by atoms with Gasteiger partial charge >= 0.3 is 29.6 Å². The molecule has 1 aliphatic heterocycles. The molecule has 0 saturated heterocycles. The molecule has 0 aliphatic carbocycles. The normalized spacial score (nSPS) is 14.7. The van der Waals surface area contributed by atoms with E-state index < -0.39 is 15.8 Å². The second kappa shape index (κ2) is 8.35. The molecule has 0 unspecified atom stereocenters. The van der Waals surface area contributed by atoms with Gasteiger partial charge < -0.3 is 15.2 Å². The Labute approximate surface area is 155 Å². The minimum Gasteiger partial charge on any atom is -0.549 e. The SMILES string of the molecule is O=C([O-])CSCC(=O)NCc1ccc2c(c1)CCS2(=O)=O.[Na+]. The molecule has 6 nitrogen and oxygen atoms in total. The number of carboxylic acids is 1. The van der Waals surface area contributed by atoms with Gasteiger partial charge in [-0.3, -0.25) is 4.79 Å². The van der Waals surface area contributed by atoms with Gasteiger partial charge in [-0.05, 0) is 23.6 Å². The molecular formula is C13H14NNaO5S2. The molecule has 0 aromatic heterocycles. The van der Waals surface area contributed by atoms with E-state index in [1.165, 1.54) is 0 Å². The van der Waals surface area contributed by atoms with Gasteiger partial charge in [-0.2, -0.15) is 0 Å². The van der Waals surface area contributed by atoms with Gasteiger partial charge in [0.2, 0.25) is 5.91 Å². The maximum atomic E-state index is 11.7. The van der Waals surface area contributed by atoms with Gasteiger partial charge in [-0.1, -0.05) is 12.1 Å². The molecule has 2 rings (SSSR count). The van der Waals surface area contributed by atoms with E-state index in [0.717, 1.165) is 22.9 Å². The summed E-state index contributed by atoms with van der Waals surface area (Å²) in [5, 5.41) is 12.9. The second-order valence-electron chi connectivity index (χ2n) is 4.65. The van der Waals surface area contributed by atoms with Crippen molar-refractivity contribution in [2.75, 3.05) is 17.3 Å². The van der Waals surface area contributed by atoms with Crippen molar-refractivity contribution in [2.45, 2.75) is 17.9 Å². The number of carbonyl (C=O) groups excluding carboxylic acids is 2. The van der Waals surface area contributed by atoms with Gasteiger partial charge in [0.15, 0.2) is 9.84 Å². The average Bonchev–Trinajstić information content (AvgIpc) is 2.71. The predicted molar refractivity (Wildman–Crippen MR) is 76.4 cm³/mol. The molecule has 9 heteroatoms. The van der Waals surface area contributed by atoms with Gasteiger partial charge in [-0.25, -0.2) is 8.42 Å². The molecule has 0 spiro atoms. The molecule has 0 saturated carbocycles. The topological polar surface area (TPSA) is 103 Å². The zero-order valence-corrected chi connectivity index (χ0v) is 15.8. The quantitative estimate of drug-likeness (QED) is 0.526. The number of benzene rings is 1. The number of aryl methyl sites for hydroxylation is 1. The molecule has 1 aliphatic rings. The van der Waals surface area contributed by atoms with Crippen LogP contribution in [0, 0.1) is 0 Å². The molecule has 22 heavy (non-hydrogen) atoms. The number of aliphatic carboxylic acids is 1. The Morgan fingerprint density at radius 1 is 1.27 bits per heavy atom. The zero-order chi connectivity index (χ0) is 15.5. The molecule has 0 fully saturated rings. The smallest absolute Gasteiger partial charge is 0.549 e. The summed E-state index contributed by atoms with van der Waals surface area (Å²) in [4.78, 5) is 22.1. The number of hydrogen-bond donors (Lipinski definition) is 1. The van der Waals surface area contributed by atoms with Crippen LogP contribution in [0.15, 0.2) is 23.1 Å². The van der Waals surface area contributed by atoms with E-state index in [0.29, 0.717) is 11.3 Å². The number of nitrogens with one attached hydrogen (secondary N) is 1. The van der Waals surface area contributed by atoms with Crippen LogP contribution in [0.4, 0.5) is 0 Å². The maximum Gasteiger partial charge on any atom is 1.00 e. The third-order valence-electron chi connectivity index (χ3n) is 3.04. The zero-order valence-electron chi connectivity index (χ0n) is 12.1. The van der Waals surface area contributed by atoms with E-state index in [2.05, 4.69) is 5.32 Å². The molecule has 1 N–H and O–H groups in total. The van der Waals surface area contributed by atoms with Crippen molar-refractivity contribution in [1.29, 1.82) is 0 Å². The first-order valence-electron chi connectivity index (χ1n) is 6.27. The van der Waals surface area contributed by atoms with Crippen LogP contribution in [0.3, 0.4) is 0 Å². The van der Waals surface area contributed by atoms with Crippen LogP contribution in [0.1, 0.15) is 11.1 Å². The van der Waals surface area contributed by atoms with Crippen molar-refractivity contribution in [2.24, 2.45) is 0 Å². The van der Waals surface area contributed by atoms with Crippen molar-refractivity contribution < 1.29 is 52.7 Å². The Kier molecular flexibility index (Phi) is 7.40. The number of sulfone groups is 1.